The number of rotatable bonds is 7. The Balaban J connectivity index is 1.94. The van der Waals surface area contributed by atoms with E-state index in [9.17, 15) is 14.0 Å². The van der Waals surface area contributed by atoms with Gasteiger partial charge in [-0.05, 0) is 39.5 Å². The standard InChI is InChI=1S/C19H16BrFN2O3/c20-13-8-14(21)18(26-10-11-4-2-1-3-5-11)16-12(9-23-17(13)16)6-7-15(24)19(22)25/h1-5,8-9,23H,6-7,10H2,(H2,22,25). The van der Waals surface area contributed by atoms with E-state index < -0.39 is 17.5 Å². The largest absolute Gasteiger partial charge is 0.485 e. The van der Waals surface area contributed by atoms with Gasteiger partial charge in [-0.25, -0.2) is 4.39 Å². The number of primary amides is 1. The van der Waals surface area contributed by atoms with E-state index in [2.05, 4.69) is 20.9 Å². The molecule has 7 heteroatoms. The summed E-state index contributed by atoms with van der Waals surface area (Å²) >= 11 is 3.33. The Morgan fingerprint density at radius 2 is 1.96 bits per heavy atom. The second-order valence-electron chi connectivity index (χ2n) is 5.79. The monoisotopic (exact) mass is 418 g/mol. The molecule has 0 atom stereocenters. The maximum atomic E-state index is 14.6. The molecule has 5 nitrogen and oxygen atoms in total. The number of hydrogen-bond donors (Lipinski definition) is 2. The highest BCUT2D eigenvalue weighted by molar-refractivity contribution is 9.10. The molecule has 0 spiro atoms. The molecule has 3 aromatic rings. The molecule has 0 bridgehead atoms. The third-order valence-corrected chi connectivity index (χ3v) is 4.65. The maximum Gasteiger partial charge on any atom is 0.284 e. The first-order valence-corrected chi connectivity index (χ1v) is 8.74. The molecule has 0 saturated heterocycles. The van der Waals surface area contributed by atoms with Gasteiger partial charge in [0, 0.05) is 22.5 Å². The predicted molar refractivity (Wildman–Crippen MR) is 99.3 cm³/mol. The summed E-state index contributed by atoms with van der Waals surface area (Å²) in [5, 5.41) is 0.546. The van der Waals surface area contributed by atoms with E-state index in [0.717, 1.165) is 5.56 Å². The molecule has 134 valence electrons. The van der Waals surface area contributed by atoms with Gasteiger partial charge in [0.1, 0.15) is 6.61 Å². The Hall–Kier alpha value is -2.67. The van der Waals surface area contributed by atoms with Crippen LogP contribution in [0, 0.1) is 5.82 Å². The Morgan fingerprint density at radius 3 is 2.65 bits per heavy atom. The zero-order valence-electron chi connectivity index (χ0n) is 13.7. The highest BCUT2D eigenvalue weighted by atomic mass is 79.9. The number of nitrogens with two attached hydrogens (primary N) is 1. The van der Waals surface area contributed by atoms with E-state index >= 15 is 0 Å². The second kappa shape index (κ2) is 7.70. The highest BCUT2D eigenvalue weighted by Crippen LogP contribution is 2.37. The van der Waals surface area contributed by atoms with Crippen LogP contribution in [0.3, 0.4) is 0 Å². The molecule has 1 heterocycles. The van der Waals surface area contributed by atoms with Gasteiger partial charge in [-0.3, -0.25) is 9.59 Å². The summed E-state index contributed by atoms with van der Waals surface area (Å²) in [7, 11) is 0. The number of amides is 1. The van der Waals surface area contributed by atoms with Gasteiger partial charge in [-0.2, -0.15) is 0 Å². The van der Waals surface area contributed by atoms with Gasteiger partial charge in [0.15, 0.2) is 11.6 Å². The molecule has 0 saturated carbocycles. The lowest BCUT2D eigenvalue weighted by Crippen LogP contribution is -2.23. The molecule has 1 aromatic heterocycles. The summed E-state index contributed by atoms with van der Waals surface area (Å²) in [6.07, 6.45) is 1.88. The number of H-pyrrole nitrogens is 1. The van der Waals surface area contributed by atoms with Crippen LogP contribution in [0.15, 0.2) is 47.1 Å². The van der Waals surface area contributed by atoms with E-state index in [0.29, 0.717) is 20.9 Å². The van der Waals surface area contributed by atoms with Crippen molar-refractivity contribution in [3.8, 4) is 5.75 Å². The van der Waals surface area contributed by atoms with Gasteiger partial charge in [0.05, 0.1) is 5.52 Å². The molecule has 3 rings (SSSR count). The second-order valence-corrected chi connectivity index (χ2v) is 6.65. The fourth-order valence-electron chi connectivity index (χ4n) is 2.72. The SMILES string of the molecule is NC(=O)C(=O)CCc1c[nH]c2c(Br)cc(F)c(OCc3ccccc3)c12. The van der Waals surface area contributed by atoms with Gasteiger partial charge < -0.3 is 15.5 Å². The van der Waals surface area contributed by atoms with Crippen molar-refractivity contribution >= 4 is 38.5 Å². The number of aromatic amines is 1. The summed E-state index contributed by atoms with van der Waals surface area (Å²) < 4.78 is 20.9. The summed E-state index contributed by atoms with van der Waals surface area (Å²) in [6.45, 7) is 0.208. The minimum absolute atomic E-state index is 0.0471. The molecule has 0 aliphatic rings. The van der Waals surface area contributed by atoms with Crippen molar-refractivity contribution in [1.29, 1.82) is 0 Å². The predicted octanol–water partition coefficient (Wildman–Crippen LogP) is 3.64. The average Bonchev–Trinajstić information content (AvgIpc) is 3.04. The van der Waals surface area contributed by atoms with Crippen LogP contribution in [-0.4, -0.2) is 16.7 Å². The number of ether oxygens (including phenoxy) is 1. The van der Waals surface area contributed by atoms with Crippen LogP contribution in [0.1, 0.15) is 17.5 Å². The summed E-state index contributed by atoms with van der Waals surface area (Å²) in [5.41, 5.74) is 7.24. The van der Waals surface area contributed by atoms with Crippen molar-refractivity contribution in [2.45, 2.75) is 19.4 Å². The van der Waals surface area contributed by atoms with Crippen LogP contribution in [0.25, 0.3) is 10.9 Å². The zero-order chi connectivity index (χ0) is 18.7. The number of hydrogen-bond acceptors (Lipinski definition) is 3. The Morgan fingerprint density at radius 1 is 1.23 bits per heavy atom. The Labute approximate surface area is 157 Å². The molecule has 0 aliphatic carbocycles. The lowest BCUT2D eigenvalue weighted by atomic mass is 10.1. The van der Waals surface area contributed by atoms with E-state index in [1.54, 1.807) is 6.20 Å². The molecular weight excluding hydrogens is 403 g/mol. The lowest BCUT2D eigenvalue weighted by Gasteiger charge is -2.11. The van der Waals surface area contributed by atoms with E-state index in [4.69, 9.17) is 10.5 Å². The number of nitrogens with one attached hydrogen (secondary N) is 1. The van der Waals surface area contributed by atoms with E-state index in [-0.39, 0.29) is 25.2 Å². The van der Waals surface area contributed by atoms with Gasteiger partial charge in [0.25, 0.3) is 5.91 Å². The fraction of sp³-hybridized carbons (Fsp3) is 0.158. The Kier molecular flexibility index (Phi) is 5.37. The third-order valence-electron chi connectivity index (χ3n) is 4.02. The average molecular weight is 419 g/mol. The minimum Gasteiger partial charge on any atom is -0.485 e. The van der Waals surface area contributed by atoms with Crippen LogP contribution in [0.4, 0.5) is 4.39 Å². The van der Waals surface area contributed by atoms with Crippen LogP contribution < -0.4 is 10.5 Å². The molecule has 2 aromatic carbocycles. The van der Waals surface area contributed by atoms with Crippen LogP contribution in [0.2, 0.25) is 0 Å². The molecule has 26 heavy (non-hydrogen) atoms. The lowest BCUT2D eigenvalue weighted by molar-refractivity contribution is -0.135. The topological polar surface area (TPSA) is 85.2 Å². The van der Waals surface area contributed by atoms with Crippen LogP contribution in [0.5, 0.6) is 5.75 Å². The summed E-state index contributed by atoms with van der Waals surface area (Å²) in [6, 6.07) is 10.8. The number of halogens is 2. The summed E-state index contributed by atoms with van der Waals surface area (Å²) in [5.74, 6) is -2.04. The number of ketones is 1. The number of aryl methyl sites for hydroxylation is 1. The van der Waals surface area contributed by atoms with Crippen molar-refractivity contribution in [3.05, 3.63) is 64.0 Å². The third kappa shape index (κ3) is 3.77. The zero-order valence-corrected chi connectivity index (χ0v) is 15.3. The minimum atomic E-state index is -0.974. The first kappa shape index (κ1) is 18.1. The van der Waals surface area contributed by atoms with Crippen LogP contribution >= 0.6 is 15.9 Å². The Bertz CT molecular complexity index is 970. The molecule has 0 aliphatic heterocycles. The van der Waals surface area contributed by atoms with Crippen molar-refractivity contribution < 1.29 is 18.7 Å². The van der Waals surface area contributed by atoms with E-state index in [1.165, 1.54) is 6.07 Å². The number of benzene rings is 2. The molecule has 3 N–H and O–H groups in total. The number of fused-ring (bicyclic) bond motifs is 1. The molecule has 0 unspecified atom stereocenters. The van der Waals surface area contributed by atoms with Crippen molar-refractivity contribution in [2.24, 2.45) is 5.73 Å². The first-order valence-electron chi connectivity index (χ1n) is 7.94. The molecule has 0 fully saturated rings. The van der Waals surface area contributed by atoms with Gasteiger partial charge in [-0.1, -0.05) is 30.3 Å². The van der Waals surface area contributed by atoms with E-state index in [1.807, 2.05) is 30.3 Å². The van der Waals surface area contributed by atoms with Gasteiger partial charge in [-0.15, -0.1) is 0 Å². The van der Waals surface area contributed by atoms with Crippen molar-refractivity contribution in [2.75, 3.05) is 0 Å². The normalized spacial score (nSPS) is 10.8. The number of carbonyl (C=O) groups is 2. The highest BCUT2D eigenvalue weighted by Gasteiger charge is 2.19. The smallest absolute Gasteiger partial charge is 0.284 e. The number of aromatic nitrogens is 1. The number of Topliss-reactive ketones (excluding diaryl/α,β-unsaturated/α-hetero) is 1. The number of carbonyl (C=O) groups excluding carboxylic acids is 2. The van der Waals surface area contributed by atoms with Crippen molar-refractivity contribution in [1.82, 2.24) is 4.98 Å². The van der Waals surface area contributed by atoms with Gasteiger partial charge in [0.2, 0.25) is 5.78 Å². The van der Waals surface area contributed by atoms with Crippen molar-refractivity contribution in [3.63, 3.8) is 0 Å². The fourth-order valence-corrected chi connectivity index (χ4v) is 3.23. The first-order chi connectivity index (χ1) is 12.5. The van der Waals surface area contributed by atoms with Gasteiger partial charge >= 0.3 is 0 Å². The quantitative estimate of drug-likeness (QED) is 0.574. The molecule has 0 radical (unpaired) electrons. The van der Waals surface area contributed by atoms with Crippen LogP contribution in [-0.2, 0) is 22.6 Å². The molecule has 1 amide bonds. The summed E-state index contributed by atoms with van der Waals surface area (Å²) in [4.78, 5) is 25.5. The molecular formula is C19H16BrFN2O3. The maximum absolute atomic E-state index is 14.6.